The van der Waals surface area contributed by atoms with Crippen molar-refractivity contribution >= 4 is 17.7 Å². The minimum Gasteiger partial charge on any atom is -0.456 e. The number of carbonyl (C=O) groups is 3. The van der Waals surface area contributed by atoms with E-state index < -0.39 is 16.8 Å². The summed E-state index contributed by atoms with van der Waals surface area (Å²) in [5.41, 5.74) is -0.999. The molecule has 2 saturated heterocycles. The molecule has 7 nitrogen and oxygen atoms in total. The van der Waals surface area contributed by atoms with Crippen molar-refractivity contribution in [3.05, 3.63) is 23.3 Å². The van der Waals surface area contributed by atoms with Gasteiger partial charge in [-0.2, -0.15) is 0 Å². The molecule has 0 aromatic heterocycles. The normalized spacial score (nSPS) is 47.5. The minimum absolute atomic E-state index is 0.00291. The summed E-state index contributed by atoms with van der Waals surface area (Å²) in [6.45, 7) is 12.3. The van der Waals surface area contributed by atoms with Crippen LogP contribution in [0.4, 0.5) is 0 Å². The smallest absolute Gasteiger partial charge is 0.334 e. The molecule has 3 heterocycles. The first-order valence-corrected chi connectivity index (χ1v) is 14.0. The summed E-state index contributed by atoms with van der Waals surface area (Å²) in [7, 11) is 0. The molecule has 0 unspecified atom stereocenters. The van der Waals surface area contributed by atoms with E-state index in [1.54, 1.807) is 6.92 Å². The number of allylic oxidation sites excluding steroid dienone is 1. The first-order valence-electron chi connectivity index (χ1n) is 14.0. The largest absolute Gasteiger partial charge is 0.456 e. The van der Waals surface area contributed by atoms with Crippen LogP contribution >= 0.6 is 0 Å². The van der Waals surface area contributed by atoms with Crippen molar-refractivity contribution in [1.29, 1.82) is 0 Å². The number of hydrogen-bond donors (Lipinski definition) is 1. The number of ketones is 1. The lowest BCUT2D eigenvalue weighted by Gasteiger charge is -2.52. The average molecular weight is 513 g/mol. The summed E-state index contributed by atoms with van der Waals surface area (Å²) < 4.78 is 18.0. The van der Waals surface area contributed by atoms with Crippen molar-refractivity contribution in [1.82, 2.24) is 0 Å². The van der Waals surface area contributed by atoms with E-state index in [-0.39, 0.29) is 71.4 Å². The van der Waals surface area contributed by atoms with E-state index in [1.807, 2.05) is 12.2 Å². The summed E-state index contributed by atoms with van der Waals surface area (Å²) in [4.78, 5) is 38.1. The van der Waals surface area contributed by atoms with Gasteiger partial charge in [-0.3, -0.25) is 9.59 Å². The van der Waals surface area contributed by atoms with Crippen molar-refractivity contribution in [2.24, 2.45) is 35.0 Å². The van der Waals surface area contributed by atoms with E-state index in [0.29, 0.717) is 24.8 Å². The van der Waals surface area contributed by atoms with Gasteiger partial charge in [0, 0.05) is 35.7 Å². The fraction of sp³-hybridized carbons (Fsp3) is 0.767. The van der Waals surface area contributed by atoms with Crippen LogP contribution < -0.4 is 0 Å². The molecule has 3 aliphatic carbocycles. The van der Waals surface area contributed by atoms with E-state index >= 15 is 0 Å². The number of carbonyl (C=O) groups excluding carboxylic acids is 3. The third-order valence-electron chi connectivity index (χ3n) is 11.3. The lowest BCUT2D eigenvalue weighted by Crippen LogP contribution is -2.54. The van der Waals surface area contributed by atoms with Crippen LogP contribution in [0.15, 0.2) is 23.3 Å². The Kier molecular flexibility index (Phi) is 5.32. The van der Waals surface area contributed by atoms with Gasteiger partial charge >= 0.3 is 11.9 Å². The molecule has 7 heteroatoms. The van der Waals surface area contributed by atoms with Gasteiger partial charge < -0.3 is 19.3 Å². The van der Waals surface area contributed by atoms with Crippen LogP contribution in [0.5, 0.6) is 0 Å². The maximum atomic E-state index is 13.7. The Morgan fingerprint density at radius 1 is 1.05 bits per heavy atom. The monoisotopic (exact) mass is 512 g/mol. The first-order chi connectivity index (χ1) is 17.2. The predicted octanol–water partition coefficient (Wildman–Crippen LogP) is 4.07. The Hall–Kier alpha value is -1.99. The Bertz CT molecular complexity index is 1130. The molecule has 6 rings (SSSR count). The van der Waals surface area contributed by atoms with E-state index in [9.17, 15) is 19.5 Å². The zero-order valence-corrected chi connectivity index (χ0v) is 22.8. The molecule has 10 atom stereocenters. The van der Waals surface area contributed by atoms with Gasteiger partial charge in [-0.25, -0.2) is 4.79 Å². The van der Waals surface area contributed by atoms with Crippen molar-refractivity contribution in [3.63, 3.8) is 0 Å². The number of ether oxygens (including phenoxy) is 3. The van der Waals surface area contributed by atoms with E-state index in [4.69, 9.17) is 14.2 Å². The molecule has 1 spiro atoms. The van der Waals surface area contributed by atoms with Gasteiger partial charge in [-0.15, -0.1) is 0 Å². The van der Waals surface area contributed by atoms with Crippen LogP contribution in [0.2, 0.25) is 0 Å². The predicted molar refractivity (Wildman–Crippen MR) is 134 cm³/mol. The number of cyclic esters (lactones) is 1. The highest BCUT2D eigenvalue weighted by Crippen LogP contribution is 2.65. The molecule has 0 amide bonds. The molecule has 202 valence electrons. The highest BCUT2D eigenvalue weighted by molar-refractivity contribution is 5.97. The van der Waals surface area contributed by atoms with Gasteiger partial charge in [0.2, 0.25) is 0 Å². The highest BCUT2D eigenvalue weighted by Gasteiger charge is 2.71. The number of fused-ring (bicyclic) bond motifs is 3. The topological polar surface area (TPSA) is 99.1 Å². The van der Waals surface area contributed by atoms with Gasteiger partial charge in [0.25, 0.3) is 0 Å². The fourth-order valence-corrected chi connectivity index (χ4v) is 9.34. The second kappa shape index (κ2) is 7.78. The Labute approximate surface area is 219 Å². The SMILES string of the molecule is CC1=C[C@@H]([C@@H](C)[C@@H](C)[C@@H]2C(=O)C=C3[C@@H]4CC[C@H]5C(C)(C)O[C@@H]6CC(=O)O[C@@]65C[C@@]4(O)CC[C@@]32C)OC1=O. The summed E-state index contributed by atoms with van der Waals surface area (Å²) in [6.07, 6.45) is 6.36. The summed E-state index contributed by atoms with van der Waals surface area (Å²) >= 11 is 0. The average Bonchev–Trinajstić information content (AvgIpc) is 3.40. The van der Waals surface area contributed by atoms with Crippen molar-refractivity contribution < 1.29 is 33.7 Å². The zero-order chi connectivity index (χ0) is 26.7. The number of aliphatic hydroxyl groups is 1. The molecule has 4 fully saturated rings. The van der Waals surface area contributed by atoms with Crippen LogP contribution in [0.3, 0.4) is 0 Å². The first kappa shape index (κ1) is 25.3. The van der Waals surface area contributed by atoms with Crippen LogP contribution in [-0.2, 0) is 28.6 Å². The van der Waals surface area contributed by atoms with Crippen LogP contribution in [0.25, 0.3) is 0 Å². The third kappa shape index (κ3) is 3.35. The molecule has 3 aliphatic heterocycles. The van der Waals surface area contributed by atoms with Gasteiger partial charge in [0.15, 0.2) is 5.78 Å². The Morgan fingerprint density at radius 3 is 2.46 bits per heavy atom. The maximum absolute atomic E-state index is 13.7. The maximum Gasteiger partial charge on any atom is 0.334 e. The van der Waals surface area contributed by atoms with Crippen molar-refractivity contribution in [2.75, 3.05) is 0 Å². The zero-order valence-electron chi connectivity index (χ0n) is 22.8. The summed E-state index contributed by atoms with van der Waals surface area (Å²) in [5.74, 6) is -0.825. The van der Waals surface area contributed by atoms with Crippen molar-refractivity contribution in [3.8, 4) is 0 Å². The molecular formula is C30H40O7. The van der Waals surface area contributed by atoms with Gasteiger partial charge in [0.1, 0.15) is 17.8 Å². The fourth-order valence-electron chi connectivity index (χ4n) is 9.34. The number of esters is 2. The summed E-state index contributed by atoms with van der Waals surface area (Å²) in [6, 6.07) is 0. The number of rotatable bonds is 3. The van der Waals surface area contributed by atoms with Crippen LogP contribution in [-0.4, -0.2) is 51.8 Å². The standard InChI is InChI=1S/C30H40O7/c1-15-11-21(35-26(15)33)16(2)17(3)25-20(31)12-19-18-7-8-22-27(4,5)36-23-13-24(32)37-30(22,23)14-29(18,34)10-9-28(19,25)6/h11-12,16-18,21-23,25,34H,7-10,13-14H2,1-6H3/t16-,17+,18-,21-,22-,23+,25+,28-,29-,30+/m0/s1. The van der Waals surface area contributed by atoms with Crippen molar-refractivity contribution in [2.45, 2.75) is 109 Å². The quantitative estimate of drug-likeness (QED) is 0.569. The van der Waals surface area contributed by atoms with Gasteiger partial charge in [-0.1, -0.05) is 26.3 Å². The van der Waals surface area contributed by atoms with Crippen LogP contribution in [0, 0.1) is 35.0 Å². The third-order valence-corrected chi connectivity index (χ3v) is 11.3. The molecule has 0 bridgehead atoms. The lowest BCUT2D eigenvalue weighted by molar-refractivity contribution is -0.163. The summed E-state index contributed by atoms with van der Waals surface area (Å²) in [5, 5.41) is 12.3. The molecule has 2 saturated carbocycles. The number of hydrogen-bond acceptors (Lipinski definition) is 7. The Balaban J connectivity index is 1.31. The Morgan fingerprint density at radius 2 is 1.78 bits per heavy atom. The second-order valence-electron chi connectivity index (χ2n) is 13.6. The minimum atomic E-state index is -1.06. The molecular weight excluding hydrogens is 472 g/mol. The second-order valence-corrected chi connectivity index (χ2v) is 13.6. The van der Waals surface area contributed by atoms with E-state index in [1.165, 1.54) is 0 Å². The molecule has 0 radical (unpaired) electrons. The molecule has 1 N–H and O–H groups in total. The van der Waals surface area contributed by atoms with Crippen LogP contribution in [0.1, 0.15) is 80.1 Å². The molecule has 6 aliphatic rings. The molecule has 37 heavy (non-hydrogen) atoms. The van der Waals surface area contributed by atoms with E-state index in [0.717, 1.165) is 18.4 Å². The lowest BCUT2D eigenvalue weighted by atomic mass is 9.54. The molecule has 0 aromatic carbocycles. The molecule has 0 aromatic rings. The van der Waals surface area contributed by atoms with E-state index in [2.05, 4.69) is 34.6 Å². The van der Waals surface area contributed by atoms with Gasteiger partial charge in [-0.05, 0) is 69.9 Å². The highest BCUT2D eigenvalue weighted by atomic mass is 16.6. The van der Waals surface area contributed by atoms with Gasteiger partial charge in [0.05, 0.1) is 17.6 Å².